The Morgan fingerprint density at radius 2 is 1.96 bits per heavy atom. The van der Waals surface area contributed by atoms with Crippen LogP contribution in [0.2, 0.25) is 0 Å². The van der Waals surface area contributed by atoms with E-state index in [1.807, 2.05) is 24.0 Å². The fourth-order valence-corrected chi connectivity index (χ4v) is 4.47. The van der Waals surface area contributed by atoms with E-state index in [1.54, 1.807) is 0 Å². The summed E-state index contributed by atoms with van der Waals surface area (Å²) in [6.45, 7) is 4.19. The Balaban J connectivity index is 1.52. The highest BCUT2D eigenvalue weighted by Crippen LogP contribution is 2.42. The molecule has 2 aromatic heterocycles. The molecule has 0 unspecified atom stereocenters. The van der Waals surface area contributed by atoms with Gasteiger partial charge in [0.2, 0.25) is 5.91 Å². The van der Waals surface area contributed by atoms with Crippen molar-refractivity contribution in [2.75, 3.05) is 5.32 Å². The Kier molecular flexibility index (Phi) is 3.89. The van der Waals surface area contributed by atoms with Gasteiger partial charge in [0.05, 0.1) is 23.3 Å². The second kappa shape index (κ2) is 6.33. The van der Waals surface area contributed by atoms with Gasteiger partial charge in [0.25, 0.3) is 0 Å². The van der Waals surface area contributed by atoms with Crippen LogP contribution in [0.25, 0.3) is 10.9 Å². The highest BCUT2D eigenvalue weighted by molar-refractivity contribution is 5.85. The van der Waals surface area contributed by atoms with Crippen LogP contribution in [0, 0.1) is 13.8 Å². The van der Waals surface area contributed by atoms with Crippen LogP contribution in [0.4, 0.5) is 5.82 Å². The largest absolute Gasteiger partial charge is 0.364 e. The second-order valence-electron chi connectivity index (χ2n) is 8.16. The molecular weight excluding hydrogens is 350 g/mol. The molecule has 2 aliphatic rings. The van der Waals surface area contributed by atoms with Gasteiger partial charge in [-0.3, -0.25) is 9.48 Å². The average molecular weight is 375 g/mol. The average Bonchev–Trinajstić information content (AvgIpc) is 3.31. The number of aryl methyl sites for hydroxylation is 3. The lowest BCUT2D eigenvalue weighted by atomic mass is 10.0. The summed E-state index contributed by atoms with van der Waals surface area (Å²) in [4.78, 5) is 19.8. The summed E-state index contributed by atoms with van der Waals surface area (Å²) in [7, 11) is 1.95. The number of nitrogens with one attached hydrogen (secondary N) is 1. The number of nitrogens with zero attached hydrogens (tertiary/aromatic N) is 4. The van der Waals surface area contributed by atoms with Gasteiger partial charge in [-0.05, 0) is 56.0 Å². The van der Waals surface area contributed by atoms with Crippen molar-refractivity contribution in [3.8, 4) is 0 Å². The van der Waals surface area contributed by atoms with Crippen LogP contribution >= 0.6 is 0 Å². The van der Waals surface area contributed by atoms with E-state index in [4.69, 9.17) is 4.98 Å². The molecule has 5 rings (SSSR count). The van der Waals surface area contributed by atoms with Crippen molar-refractivity contribution in [2.45, 2.75) is 51.2 Å². The molecule has 2 atom stereocenters. The minimum atomic E-state index is -0.0161. The lowest BCUT2D eigenvalue weighted by molar-refractivity contribution is -0.129. The fourth-order valence-electron chi connectivity index (χ4n) is 4.47. The number of fused-ring (bicyclic) bond motifs is 1. The standard InChI is InChI=1S/C22H25N5O/c1-13-4-7-16-14(2)11-20(24-17(16)10-13)25-18-12-21(28)27(15-5-6-15)22(18)19-8-9-23-26(19)3/h4,7-11,15,18,22H,5-6,12H2,1-3H3,(H,24,25)/t18-,22-/m1/s1. The molecule has 0 spiro atoms. The van der Waals surface area contributed by atoms with Crippen LogP contribution in [0.3, 0.4) is 0 Å². The third-order valence-corrected chi connectivity index (χ3v) is 5.97. The molecule has 1 saturated carbocycles. The molecule has 6 nitrogen and oxygen atoms in total. The lowest BCUT2D eigenvalue weighted by Crippen LogP contribution is -2.35. The third-order valence-electron chi connectivity index (χ3n) is 5.97. The monoisotopic (exact) mass is 375 g/mol. The molecule has 3 heterocycles. The summed E-state index contributed by atoms with van der Waals surface area (Å²) in [5, 5.41) is 9.10. The van der Waals surface area contributed by atoms with E-state index in [2.05, 4.69) is 53.4 Å². The van der Waals surface area contributed by atoms with Crippen LogP contribution in [0.5, 0.6) is 0 Å². The van der Waals surface area contributed by atoms with Crippen molar-refractivity contribution in [3.05, 3.63) is 53.3 Å². The first-order valence-corrected chi connectivity index (χ1v) is 9.95. The van der Waals surface area contributed by atoms with Gasteiger partial charge >= 0.3 is 0 Å². The maximum atomic E-state index is 12.8. The van der Waals surface area contributed by atoms with E-state index in [1.165, 1.54) is 16.5 Å². The zero-order valence-electron chi connectivity index (χ0n) is 16.5. The van der Waals surface area contributed by atoms with Gasteiger partial charge in [-0.15, -0.1) is 0 Å². The number of likely N-dealkylation sites (tertiary alicyclic amines) is 1. The number of rotatable bonds is 4. The summed E-state index contributed by atoms with van der Waals surface area (Å²) in [5.41, 5.74) is 4.44. The number of aromatic nitrogens is 3. The van der Waals surface area contributed by atoms with Crippen LogP contribution in [-0.4, -0.2) is 37.7 Å². The maximum Gasteiger partial charge on any atom is 0.225 e. The van der Waals surface area contributed by atoms with Crippen molar-refractivity contribution in [1.82, 2.24) is 19.7 Å². The van der Waals surface area contributed by atoms with Crippen molar-refractivity contribution in [2.24, 2.45) is 7.05 Å². The summed E-state index contributed by atoms with van der Waals surface area (Å²) < 4.78 is 1.88. The number of pyridine rings is 1. The summed E-state index contributed by atoms with van der Waals surface area (Å²) >= 11 is 0. The molecule has 0 bridgehead atoms. The normalized spacial score (nSPS) is 22.2. The number of benzene rings is 1. The highest BCUT2D eigenvalue weighted by Gasteiger charge is 2.48. The van der Waals surface area contributed by atoms with Gasteiger partial charge < -0.3 is 10.2 Å². The first-order chi connectivity index (χ1) is 13.5. The molecule has 0 radical (unpaired) electrons. The van der Waals surface area contributed by atoms with Gasteiger partial charge in [-0.2, -0.15) is 5.10 Å². The van der Waals surface area contributed by atoms with Gasteiger partial charge in [0.15, 0.2) is 0 Å². The molecule has 1 aliphatic carbocycles. The number of hydrogen-bond acceptors (Lipinski definition) is 4. The SMILES string of the molecule is Cc1ccc2c(C)cc(N[C@@H]3CC(=O)N(C4CC4)[C@H]3c3ccnn3C)nc2c1. The van der Waals surface area contributed by atoms with Crippen molar-refractivity contribution < 1.29 is 4.79 Å². The zero-order chi connectivity index (χ0) is 19.4. The Hall–Kier alpha value is -2.89. The van der Waals surface area contributed by atoms with E-state index < -0.39 is 0 Å². The third kappa shape index (κ3) is 2.84. The molecule has 1 aromatic carbocycles. The maximum absolute atomic E-state index is 12.8. The van der Waals surface area contributed by atoms with Crippen molar-refractivity contribution in [3.63, 3.8) is 0 Å². The molecule has 28 heavy (non-hydrogen) atoms. The molecule has 2 fully saturated rings. The van der Waals surface area contributed by atoms with Crippen LogP contribution in [0.1, 0.15) is 42.1 Å². The Labute approximate surface area is 164 Å². The molecule has 6 heteroatoms. The molecule has 1 aliphatic heterocycles. The first kappa shape index (κ1) is 17.2. The zero-order valence-corrected chi connectivity index (χ0v) is 16.5. The van der Waals surface area contributed by atoms with Gasteiger partial charge in [0, 0.05) is 31.1 Å². The first-order valence-electron chi connectivity index (χ1n) is 9.95. The minimum absolute atomic E-state index is 0.0113. The van der Waals surface area contributed by atoms with E-state index in [-0.39, 0.29) is 18.0 Å². The lowest BCUT2D eigenvalue weighted by Gasteiger charge is -2.29. The van der Waals surface area contributed by atoms with Crippen LogP contribution in [0.15, 0.2) is 36.5 Å². The topological polar surface area (TPSA) is 63.1 Å². The highest BCUT2D eigenvalue weighted by atomic mass is 16.2. The molecule has 3 aromatic rings. The Bertz CT molecular complexity index is 1070. The quantitative estimate of drug-likeness (QED) is 0.758. The van der Waals surface area contributed by atoms with E-state index >= 15 is 0 Å². The summed E-state index contributed by atoms with van der Waals surface area (Å²) in [5.74, 6) is 1.05. The molecule has 1 N–H and O–H groups in total. The number of anilines is 1. The van der Waals surface area contributed by atoms with E-state index in [0.29, 0.717) is 12.5 Å². The molecule has 144 valence electrons. The number of carbonyl (C=O) groups is 1. The van der Waals surface area contributed by atoms with Crippen molar-refractivity contribution >= 4 is 22.6 Å². The number of hydrogen-bond donors (Lipinski definition) is 1. The molecule has 1 saturated heterocycles. The van der Waals surface area contributed by atoms with Crippen molar-refractivity contribution in [1.29, 1.82) is 0 Å². The van der Waals surface area contributed by atoms with Gasteiger partial charge in [-0.1, -0.05) is 12.1 Å². The molecule has 1 amide bonds. The smallest absolute Gasteiger partial charge is 0.225 e. The van der Waals surface area contributed by atoms with Gasteiger partial charge in [0.1, 0.15) is 5.82 Å². The fraction of sp³-hybridized carbons (Fsp3) is 0.409. The molecular formula is C22H25N5O. The minimum Gasteiger partial charge on any atom is -0.364 e. The van der Waals surface area contributed by atoms with Crippen LogP contribution in [-0.2, 0) is 11.8 Å². The Morgan fingerprint density at radius 1 is 1.14 bits per heavy atom. The van der Waals surface area contributed by atoms with Crippen LogP contribution < -0.4 is 5.32 Å². The number of amides is 1. The van der Waals surface area contributed by atoms with E-state index in [9.17, 15) is 4.79 Å². The second-order valence-corrected chi connectivity index (χ2v) is 8.16. The predicted molar refractivity (Wildman–Crippen MR) is 109 cm³/mol. The van der Waals surface area contributed by atoms with E-state index in [0.717, 1.165) is 29.9 Å². The summed E-state index contributed by atoms with van der Waals surface area (Å²) in [6.07, 6.45) is 4.49. The summed E-state index contributed by atoms with van der Waals surface area (Å²) in [6, 6.07) is 10.8. The Morgan fingerprint density at radius 3 is 2.68 bits per heavy atom. The number of carbonyl (C=O) groups excluding carboxylic acids is 1. The van der Waals surface area contributed by atoms with Gasteiger partial charge in [-0.25, -0.2) is 4.98 Å². The predicted octanol–water partition coefficient (Wildman–Crippen LogP) is 3.50.